The van der Waals surface area contributed by atoms with Crippen molar-refractivity contribution in [3.63, 3.8) is 0 Å². The summed E-state index contributed by atoms with van der Waals surface area (Å²) in [7, 11) is 1.61. The van der Waals surface area contributed by atoms with Crippen LogP contribution in [0, 0.1) is 0 Å². The first-order valence-corrected chi connectivity index (χ1v) is 7.71. The maximum absolute atomic E-state index is 12.9. The monoisotopic (exact) mass is 490 g/mol. The van der Waals surface area contributed by atoms with E-state index in [0.29, 0.717) is 11.8 Å². The molecule has 1 unspecified atom stereocenters. The molecule has 0 aliphatic heterocycles. The van der Waals surface area contributed by atoms with Gasteiger partial charge < -0.3 is 10.6 Å². The Hall–Kier alpha value is -1.30. The summed E-state index contributed by atoms with van der Waals surface area (Å²) in [4.78, 5) is 4.06. The lowest BCUT2D eigenvalue weighted by Crippen LogP contribution is -2.41. The van der Waals surface area contributed by atoms with Crippen LogP contribution >= 0.6 is 35.6 Å². The summed E-state index contributed by atoms with van der Waals surface area (Å²) in [6.45, 7) is 4.17. The van der Waals surface area contributed by atoms with E-state index in [1.165, 1.54) is 4.40 Å². The molecule has 0 saturated heterocycles. The molecular weight excluding hydrogens is 472 g/mol. The van der Waals surface area contributed by atoms with E-state index >= 15 is 0 Å². The van der Waals surface area contributed by atoms with Gasteiger partial charge in [0.2, 0.25) is 0 Å². The number of halogens is 5. The second kappa shape index (κ2) is 8.88. The normalized spacial score (nSPS) is 13.5. The predicted octanol–water partition coefficient (Wildman–Crippen LogP) is 3.48. The summed E-state index contributed by atoms with van der Waals surface area (Å²) >= 11 is 5.88. The fourth-order valence-electron chi connectivity index (χ4n) is 1.97. The molecule has 2 aromatic heterocycles. The van der Waals surface area contributed by atoms with Gasteiger partial charge in [0.25, 0.3) is 0 Å². The van der Waals surface area contributed by atoms with Gasteiger partial charge in [-0.3, -0.25) is 9.39 Å². The molecule has 11 heteroatoms. The maximum atomic E-state index is 12.9. The molecule has 6 nitrogen and oxygen atoms in total. The third-order valence-electron chi connectivity index (χ3n) is 3.49. The van der Waals surface area contributed by atoms with E-state index in [0.717, 1.165) is 18.7 Å². The van der Waals surface area contributed by atoms with Crippen LogP contribution in [0.5, 0.6) is 0 Å². The first-order chi connectivity index (χ1) is 11.3. The highest BCUT2D eigenvalue weighted by molar-refractivity contribution is 14.0. The smallest absolute Gasteiger partial charge is 0.354 e. The minimum absolute atomic E-state index is 0. The molecule has 0 aromatic carbocycles. The van der Waals surface area contributed by atoms with Crippen molar-refractivity contribution in [1.29, 1.82) is 0 Å². The minimum atomic E-state index is -4.50. The van der Waals surface area contributed by atoms with Crippen molar-refractivity contribution < 1.29 is 13.2 Å². The number of rotatable bonds is 4. The summed E-state index contributed by atoms with van der Waals surface area (Å²) in [6.07, 6.45) is -2.66. The van der Waals surface area contributed by atoms with Crippen LogP contribution in [0.4, 0.5) is 13.2 Å². The quantitative estimate of drug-likeness (QED) is 0.391. The zero-order chi connectivity index (χ0) is 17.9. The average Bonchev–Trinajstić information content (AvgIpc) is 2.94. The molecule has 0 aliphatic rings. The highest BCUT2D eigenvalue weighted by Crippen LogP contribution is 2.32. The van der Waals surface area contributed by atoms with E-state index in [2.05, 4.69) is 25.8 Å². The summed E-state index contributed by atoms with van der Waals surface area (Å²) < 4.78 is 40.0. The molecule has 1 atom stereocenters. The van der Waals surface area contributed by atoms with E-state index < -0.39 is 11.7 Å². The van der Waals surface area contributed by atoms with Crippen LogP contribution in [0.1, 0.15) is 31.7 Å². The molecule has 2 heterocycles. The van der Waals surface area contributed by atoms with E-state index in [4.69, 9.17) is 11.6 Å². The Bertz CT molecular complexity index is 746. The molecule has 2 aromatic rings. The minimum Gasteiger partial charge on any atom is -0.354 e. The van der Waals surface area contributed by atoms with E-state index in [1.807, 2.05) is 13.8 Å². The van der Waals surface area contributed by atoms with Gasteiger partial charge in [0.05, 0.1) is 17.1 Å². The molecule has 0 radical (unpaired) electrons. The van der Waals surface area contributed by atoms with Gasteiger partial charge in [0, 0.05) is 19.3 Å². The Morgan fingerprint density at radius 2 is 2.08 bits per heavy atom. The molecule has 140 valence electrons. The van der Waals surface area contributed by atoms with Gasteiger partial charge in [-0.05, 0) is 19.4 Å². The first kappa shape index (κ1) is 21.7. The summed E-state index contributed by atoms with van der Waals surface area (Å²) in [5.74, 6) is 0.823. The van der Waals surface area contributed by atoms with Crippen LogP contribution in [-0.4, -0.2) is 33.6 Å². The fourth-order valence-corrected chi connectivity index (χ4v) is 2.21. The SMILES string of the molecule is CCC(C)NC(=NC)NCc1nnc2c(Cl)cc(C(F)(F)F)cn12.I. The van der Waals surface area contributed by atoms with Crippen molar-refractivity contribution in [3.8, 4) is 0 Å². The van der Waals surface area contributed by atoms with Crippen molar-refractivity contribution in [1.82, 2.24) is 25.2 Å². The molecule has 0 aliphatic carbocycles. The van der Waals surface area contributed by atoms with Crippen LogP contribution < -0.4 is 10.6 Å². The number of nitrogens with zero attached hydrogens (tertiary/aromatic N) is 4. The molecule has 0 amide bonds. The zero-order valence-corrected chi connectivity index (χ0v) is 16.9. The Morgan fingerprint density at radius 3 is 2.64 bits per heavy atom. The number of alkyl halides is 3. The summed E-state index contributed by atoms with van der Waals surface area (Å²) in [6, 6.07) is 1.05. The molecule has 25 heavy (non-hydrogen) atoms. The molecule has 2 rings (SSSR count). The number of fused-ring (bicyclic) bond motifs is 1. The number of aliphatic imine (C=N–C) groups is 1. The van der Waals surface area contributed by atoms with Crippen molar-refractivity contribution >= 4 is 47.2 Å². The van der Waals surface area contributed by atoms with Gasteiger partial charge in [-0.25, -0.2) is 0 Å². The number of guanidine groups is 1. The van der Waals surface area contributed by atoms with Crippen LogP contribution in [0.25, 0.3) is 5.65 Å². The first-order valence-electron chi connectivity index (χ1n) is 7.33. The van der Waals surface area contributed by atoms with Crippen LogP contribution in [0.15, 0.2) is 17.3 Å². The Balaban J connectivity index is 0.00000312. The number of aromatic nitrogens is 3. The lowest BCUT2D eigenvalue weighted by Gasteiger charge is -2.16. The lowest BCUT2D eigenvalue weighted by atomic mass is 10.2. The highest BCUT2D eigenvalue weighted by Gasteiger charge is 2.32. The van der Waals surface area contributed by atoms with Crippen LogP contribution in [-0.2, 0) is 12.7 Å². The van der Waals surface area contributed by atoms with Gasteiger partial charge in [-0.15, -0.1) is 34.2 Å². The third-order valence-corrected chi connectivity index (χ3v) is 3.77. The fraction of sp³-hybridized carbons (Fsp3) is 0.500. The second-order valence-electron chi connectivity index (χ2n) is 5.26. The number of pyridine rings is 1. The molecule has 2 N–H and O–H groups in total. The number of hydrogen-bond acceptors (Lipinski definition) is 3. The number of nitrogens with one attached hydrogen (secondary N) is 2. The summed E-state index contributed by atoms with van der Waals surface area (Å²) in [5.41, 5.74) is -0.686. The molecular formula is C14H19ClF3IN6. The maximum Gasteiger partial charge on any atom is 0.417 e. The molecule has 0 spiro atoms. The lowest BCUT2D eigenvalue weighted by molar-refractivity contribution is -0.137. The Labute approximate surface area is 165 Å². The molecule has 0 bridgehead atoms. The average molecular weight is 491 g/mol. The second-order valence-corrected chi connectivity index (χ2v) is 5.67. The van der Waals surface area contributed by atoms with E-state index in [9.17, 15) is 13.2 Å². The molecule has 0 saturated carbocycles. The third kappa shape index (κ3) is 5.33. The number of hydrogen-bond donors (Lipinski definition) is 2. The Kier molecular flexibility index (Phi) is 7.72. The largest absolute Gasteiger partial charge is 0.417 e. The van der Waals surface area contributed by atoms with E-state index in [-0.39, 0.29) is 47.2 Å². The van der Waals surface area contributed by atoms with Gasteiger partial charge in [0.1, 0.15) is 0 Å². The summed E-state index contributed by atoms with van der Waals surface area (Å²) in [5, 5.41) is 13.8. The van der Waals surface area contributed by atoms with Crippen LogP contribution in [0.2, 0.25) is 5.02 Å². The van der Waals surface area contributed by atoms with E-state index in [1.54, 1.807) is 7.05 Å². The predicted molar refractivity (Wildman–Crippen MR) is 102 cm³/mol. The Morgan fingerprint density at radius 1 is 1.40 bits per heavy atom. The topological polar surface area (TPSA) is 66.6 Å². The molecule has 0 fully saturated rings. The standard InChI is InChI=1S/C14H18ClF3N6.HI/c1-4-8(2)21-13(19-3)20-6-11-22-23-12-10(15)5-9(7-24(11)12)14(16,17)18;/h5,7-8H,4,6H2,1-3H3,(H2,19,20,21);1H. The van der Waals surface area contributed by atoms with Crippen LogP contribution in [0.3, 0.4) is 0 Å². The van der Waals surface area contributed by atoms with Crippen molar-refractivity contribution in [2.75, 3.05) is 7.05 Å². The van der Waals surface area contributed by atoms with Gasteiger partial charge in [-0.2, -0.15) is 13.2 Å². The van der Waals surface area contributed by atoms with Crippen molar-refractivity contribution in [3.05, 3.63) is 28.7 Å². The van der Waals surface area contributed by atoms with Crippen molar-refractivity contribution in [2.45, 2.75) is 39.0 Å². The van der Waals surface area contributed by atoms with Gasteiger partial charge in [-0.1, -0.05) is 18.5 Å². The van der Waals surface area contributed by atoms with Crippen molar-refractivity contribution in [2.24, 2.45) is 4.99 Å². The van der Waals surface area contributed by atoms with Gasteiger partial charge in [0.15, 0.2) is 17.4 Å². The highest BCUT2D eigenvalue weighted by atomic mass is 127. The zero-order valence-electron chi connectivity index (χ0n) is 13.9. The van der Waals surface area contributed by atoms with Gasteiger partial charge >= 0.3 is 6.18 Å².